The van der Waals surface area contributed by atoms with Gasteiger partial charge in [-0.05, 0) is 43.1 Å². The maximum absolute atomic E-state index is 5.16. The van der Waals surface area contributed by atoms with Crippen LogP contribution in [0.25, 0.3) is 0 Å². The molecule has 0 bridgehead atoms. The monoisotopic (exact) mass is 495 g/mol. The zero-order chi connectivity index (χ0) is 18.9. The Bertz CT molecular complexity index is 745. The highest BCUT2D eigenvalue weighted by Crippen LogP contribution is 2.13. The van der Waals surface area contributed by atoms with Crippen LogP contribution in [-0.4, -0.2) is 43.1 Å². The minimum Gasteiger partial charge on any atom is -0.481 e. The van der Waals surface area contributed by atoms with Gasteiger partial charge in [-0.3, -0.25) is 9.89 Å². The molecule has 0 unspecified atom stereocenters. The lowest BCUT2D eigenvalue weighted by molar-refractivity contribution is 0.331. The van der Waals surface area contributed by atoms with Crippen molar-refractivity contribution in [2.24, 2.45) is 4.99 Å². The van der Waals surface area contributed by atoms with Crippen molar-refractivity contribution < 1.29 is 4.74 Å². The van der Waals surface area contributed by atoms with E-state index in [9.17, 15) is 0 Å². The number of hydrogen-bond acceptors (Lipinski definition) is 4. The van der Waals surface area contributed by atoms with Gasteiger partial charge < -0.3 is 15.4 Å². The Balaban J connectivity index is 0.00000280. The standard InChI is InChI=1S/C21H29N5O.HI/c1-22-21(24-15-19-6-5-7-20(25-19)27-2)23-14-17-8-10-18(11-9-17)16-26-12-3-4-13-26;/h5-11H,3-4,12-16H2,1-2H3,(H2,22,23,24);1H. The van der Waals surface area contributed by atoms with Crippen molar-refractivity contribution in [3.63, 3.8) is 0 Å². The summed E-state index contributed by atoms with van der Waals surface area (Å²) >= 11 is 0. The second-order valence-electron chi connectivity index (χ2n) is 6.75. The van der Waals surface area contributed by atoms with Gasteiger partial charge in [-0.15, -0.1) is 24.0 Å². The van der Waals surface area contributed by atoms with E-state index in [-0.39, 0.29) is 24.0 Å². The molecule has 1 saturated heterocycles. The first kappa shape index (κ1) is 22.4. The number of hydrogen-bond donors (Lipinski definition) is 2. The van der Waals surface area contributed by atoms with Gasteiger partial charge in [-0.25, -0.2) is 4.98 Å². The van der Waals surface area contributed by atoms with Crippen LogP contribution in [0.2, 0.25) is 0 Å². The zero-order valence-corrected chi connectivity index (χ0v) is 19.0. The van der Waals surface area contributed by atoms with Crippen molar-refractivity contribution in [1.82, 2.24) is 20.5 Å². The van der Waals surface area contributed by atoms with Crippen LogP contribution in [0.3, 0.4) is 0 Å². The lowest BCUT2D eigenvalue weighted by Gasteiger charge is -2.15. The van der Waals surface area contributed by atoms with Crippen molar-refractivity contribution in [3.8, 4) is 5.88 Å². The van der Waals surface area contributed by atoms with Gasteiger partial charge in [-0.1, -0.05) is 30.3 Å². The third-order valence-electron chi connectivity index (χ3n) is 4.74. The molecule has 1 fully saturated rings. The van der Waals surface area contributed by atoms with Gasteiger partial charge in [0.15, 0.2) is 5.96 Å². The van der Waals surface area contributed by atoms with Crippen LogP contribution < -0.4 is 15.4 Å². The first-order chi connectivity index (χ1) is 13.3. The van der Waals surface area contributed by atoms with E-state index >= 15 is 0 Å². The van der Waals surface area contributed by atoms with Crippen molar-refractivity contribution >= 4 is 29.9 Å². The van der Waals surface area contributed by atoms with E-state index in [0.29, 0.717) is 12.4 Å². The number of nitrogens with one attached hydrogen (secondary N) is 2. The minimum atomic E-state index is 0. The molecule has 2 aromatic rings. The number of nitrogens with zero attached hydrogens (tertiary/aromatic N) is 3. The molecule has 2 N–H and O–H groups in total. The minimum absolute atomic E-state index is 0. The van der Waals surface area contributed by atoms with Gasteiger partial charge in [0.1, 0.15) is 0 Å². The molecule has 1 aromatic carbocycles. The molecule has 3 rings (SSSR count). The third-order valence-corrected chi connectivity index (χ3v) is 4.74. The maximum Gasteiger partial charge on any atom is 0.213 e. The fraction of sp³-hybridized carbons (Fsp3) is 0.429. The number of halogens is 1. The molecule has 0 amide bonds. The van der Waals surface area contributed by atoms with Crippen molar-refractivity contribution in [3.05, 3.63) is 59.3 Å². The Kier molecular flexibility index (Phi) is 9.49. The largest absolute Gasteiger partial charge is 0.481 e. The Morgan fingerprint density at radius 1 is 1.04 bits per heavy atom. The number of aromatic nitrogens is 1. The summed E-state index contributed by atoms with van der Waals surface area (Å²) in [4.78, 5) is 11.2. The molecule has 1 aliphatic heterocycles. The molecular weight excluding hydrogens is 465 g/mol. The predicted molar refractivity (Wildman–Crippen MR) is 124 cm³/mol. The highest BCUT2D eigenvalue weighted by Gasteiger charge is 2.11. The molecule has 6 nitrogen and oxygen atoms in total. The summed E-state index contributed by atoms with van der Waals surface area (Å²) in [5.74, 6) is 1.37. The average Bonchev–Trinajstić information content (AvgIpc) is 3.22. The zero-order valence-electron chi connectivity index (χ0n) is 16.6. The number of guanidine groups is 1. The fourth-order valence-corrected chi connectivity index (χ4v) is 3.21. The lowest BCUT2D eigenvalue weighted by Crippen LogP contribution is -2.36. The van der Waals surface area contributed by atoms with Gasteiger partial charge >= 0.3 is 0 Å². The van der Waals surface area contributed by atoms with E-state index in [1.54, 1.807) is 14.2 Å². The Morgan fingerprint density at radius 3 is 2.39 bits per heavy atom. The van der Waals surface area contributed by atoms with E-state index < -0.39 is 0 Å². The molecule has 0 aliphatic carbocycles. The molecule has 0 spiro atoms. The van der Waals surface area contributed by atoms with Crippen LogP contribution in [0.1, 0.15) is 29.7 Å². The van der Waals surface area contributed by atoms with Gasteiger partial charge in [0.05, 0.1) is 19.3 Å². The molecular formula is C21H30IN5O. The Labute approximate surface area is 184 Å². The molecule has 28 heavy (non-hydrogen) atoms. The molecule has 1 aromatic heterocycles. The molecule has 152 valence electrons. The van der Waals surface area contributed by atoms with Crippen molar-refractivity contribution in [1.29, 1.82) is 0 Å². The number of methoxy groups -OCH3 is 1. The van der Waals surface area contributed by atoms with Crippen molar-refractivity contribution in [2.75, 3.05) is 27.2 Å². The summed E-state index contributed by atoms with van der Waals surface area (Å²) in [6, 6.07) is 14.6. The van der Waals surface area contributed by atoms with E-state index in [1.807, 2.05) is 18.2 Å². The fourth-order valence-electron chi connectivity index (χ4n) is 3.21. The van der Waals surface area contributed by atoms with E-state index in [0.717, 1.165) is 24.7 Å². The number of benzene rings is 1. The molecule has 0 radical (unpaired) electrons. The smallest absolute Gasteiger partial charge is 0.213 e. The second kappa shape index (κ2) is 11.9. The highest BCUT2D eigenvalue weighted by molar-refractivity contribution is 14.0. The molecule has 1 aliphatic rings. The van der Waals surface area contributed by atoms with Gasteiger partial charge in [0.25, 0.3) is 0 Å². The van der Waals surface area contributed by atoms with E-state index in [1.165, 1.54) is 37.1 Å². The Morgan fingerprint density at radius 2 is 1.71 bits per heavy atom. The van der Waals surface area contributed by atoms with Crippen LogP contribution in [-0.2, 0) is 19.6 Å². The van der Waals surface area contributed by atoms with Gasteiger partial charge in [-0.2, -0.15) is 0 Å². The number of ether oxygens (including phenoxy) is 1. The SMILES string of the molecule is CN=C(NCc1ccc(CN2CCCC2)cc1)NCc1cccc(OC)n1.I. The summed E-state index contributed by atoms with van der Waals surface area (Å²) in [6.07, 6.45) is 2.67. The maximum atomic E-state index is 5.16. The van der Waals surface area contributed by atoms with Crippen LogP contribution in [0.15, 0.2) is 47.5 Å². The number of rotatable bonds is 7. The summed E-state index contributed by atoms with van der Waals surface area (Å²) in [6.45, 7) is 4.84. The summed E-state index contributed by atoms with van der Waals surface area (Å²) in [5.41, 5.74) is 3.53. The Hall–Kier alpha value is -1.87. The normalized spacial score (nSPS) is 14.4. The summed E-state index contributed by atoms with van der Waals surface area (Å²) in [7, 11) is 3.39. The van der Waals surface area contributed by atoms with E-state index in [2.05, 4.69) is 49.8 Å². The van der Waals surface area contributed by atoms with E-state index in [4.69, 9.17) is 4.74 Å². The average molecular weight is 495 g/mol. The number of aliphatic imine (C=N–C) groups is 1. The lowest BCUT2D eigenvalue weighted by atomic mass is 10.1. The first-order valence-electron chi connectivity index (χ1n) is 9.51. The highest BCUT2D eigenvalue weighted by atomic mass is 127. The number of pyridine rings is 1. The van der Waals surface area contributed by atoms with Crippen LogP contribution >= 0.6 is 24.0 Å². The van der Waals surface area contributed by atoms with Gasteiger partial charge in [0.2, 0.25) is 5.88 Å². The molecule has 0 atom stereocenters. The van der Waals surface area contributed by atoms with Gasteiger partial charge in [0, 0.05) is 26.2 Å². The molecule has 0 saturated carbocycles. The molecule has 7 heteroatoms. The van der Waals surface area contributed by atoms with Crippen LogP contribution in [0.5, 0.6) is 5.88 Å². The quantitative estimate of drug-likeness (QED) is 0.351. The first-order valence-corrected chi connectivity index (χ1v) is 9.51. The topological polar surface area (TPSA) is 61.8 Å². The third kappa shape index (κ3) is 6.94. The van der Waals surface area contributed by atoms with Crippen LogP contribution in [0.4, 0.5) is 0 Å². The van der Waals surface area contributed by atoms with Crippen molar-refractivity contribution in [2.45, 2.75) is 32.5 Å². The summed E-state index contributed by atoms with van der Waals surface area (Å²) in [5, 5.41) is 6.63. The van der Waals surface area contributed by atoms with Crippen LogP contribution in [0, 0.1) is 0 Å². The number of likely N-dealkylation sites (tertiary alicyclic amines) is 1. The molecule has 2 heterocycles. The summed E-state index contributed by atoms with van der Waals surface area (Å²) < 4.78 is 5.16. The second-order valence-corrected chi connectivity index (χ2v) is 6.75. The predicted octanol–water partition coefficient (Wildman–Crippen LogP) is 3.17.